The van der Waals surface area contributed by atoms with E-state index < -0.39 is 0 Å². The van der Waals surface area contributed by atoms with Gasteiger partial charge in [-0.1, -0.05) is 30.3 Å². The third-order valence-electron chi connectivity index (χ3n) is 2.93. The quantitative estimate of drug-likeness (QED) is 0.799. The van der Waals surface area contributed by atoms with Gasteiger partial charge in [-0.05, 0) is 5.56 Å². The highest BCUT2D eigenvalue weighted by molar-refractivity contribution is 5.14. The molecule has 0 aliphatic rings. The van der Waals surface area contributed by atoms with E-state index in [-0.39, 0.29) is 0 Å². The van der Waals surface area contributed by atoms with Gasteiger partial charge in [0.2, 0.25) is 0 Å². The summed E-state index contributed by atoms with van der Waals surface area (Å²) in [5.41, 5.74) is 7.00. The van der Waals surface area contributed by atoms with Crippen molar-refractivity contribution >= 4 is 0 Å². The molecule has 0 bridgehead atoms. The van der Waals surface area contributed by atoms with Crippen molar-refractivity contribution in [2.45, 2.75) is 13.1 Å². The molecular weight excluding hydrogens is 224 g/mol. The molecule has 0 radical (unpaired) electrons. The fourth-order valence-electron chi connectivity index (χ4n) is 1.97. The minimum Gasteiger partial charge on any atom is -0.336 e. The number of hydrogen-bond acceptors (Lipinski definition) is 3. The highest BCUT2D eigenvalue weighted by Gasteiger charge is 2.04. The zero-order chi connectivity index (χ0) is 12.6. The fourth-order valence-corrected chi connectivity index (χ4v) is 1.97. The Kier molecular flexibility index (Phi) is 4.93. The summed E-state index contributed by atoms with van der Waals surface area (Å²) < 4.78 is 2.09. The van der Waals surface area contributed by atoms with Gasteiger partial charge >= 0.3 is 0 Å². The molecule has 1 aromatic heterocycles. The first-order valence-electron chi connectivity index (χ1n) is 6.30. The average Bonchev–Trinajstić information content (AvgIpc) is 2.91. The van der Waals surface area contributed by atoms with Crippen molar-refractivity contribution < 1.29 is 0 Å². The molecule has 2 N–H and O–H groups in total. The smallest absolute Gasteiger partial charge is 0.0946 e. The second-order valence-corrected chi connectivity index (χ2v) is 4.35. The second-order valence-electron chi connectivity index (χ2n) is 4.35. The molecule has 2 rings (SSSR count). The van der Waals surface area contributed by atoms with Gasteiger partial charge in [0.05, 0.1) is 6.33 Å². The second kappa shape index (κ2) is 6.93. The maximum absolute atomic E-state index is 5.67. The van der Waals surface area contributed by atoms with Crippen molar-refractivity contribution in [3.63, 3.8) is 0 Å². The van der Waals surface area contributed by atoms with Gasteiger partial charge in [-0.25, -0.2) is 4.98 Å². The van der Waals surface area contributed by atoms with E-state index in [1.54, 1.807) is 0 Å². The van der Waals surface area contributed by atoms with Crippen molar-refractivity contribution in [1.29, 1.82) is 0 Å². The van der Waals surface area contributed by atoms with E-state index in [2.05, 4.69) is 38.7 Å². The highest BCUT2D eigenvalue weighted by atomic mass is 15.2. The van der Waals surface area contributed by atoms with E-state index in [1.165, 1.54) is 5.56 Å². The van der Waals surface area contributed by atoms with Gasteiger partial charge in [0.1, 0.15) is 0 Å². The lowest BCUT2D eigenvalue weighted by atomic mass is 10.2. The summed E-state index contributed by atoms with van der Waals surface area (Å²) in [6.45, 7) is 4.50. The fraction of sp³-hybridized carbons (Fsp3) is 0.357. The SMILES string of the molecule is NCCN(CCn1ccnc1)Cc1ccccc1. The number of aromatic nitrogens is 2. The molecule has 0 spiro atoms. The van der Waals surface area contributed by atoms with E-state index in [0.29, 0.717) is 6.54 Å². The summed E-state index contributed by atoms with van der Waals surface area (Å²) in [6, 6.07) is 10.5. The Labute approximate surface area is 108 Å². The predicted molar refractivity (Wildman–Crippen MR) is 73.0 cm³/mol. The van der Waals surface area contributed by atoms with Crippen molar-refractivity contribution in [1.82, 2.24) is 14.5 Å². The molecule has 0 unspecified atom stereocenters. The average molecular weight is 244 g/mol. The monoisotopic (exact) mass is 244 g/mol. The number of benzene rings is 1. The molecule has 1 aromatic carbocycles. The van der Waals surface area contributed by atoms with Crippen molar-refractivity contribution in [3.8, 4) is 0 Å². The molecule has 0 saturated heterocycles. The number of hydrogen-bond donors (Lipinski definition) is 1. The number of rotatable bonds is 7. The molecule has 96 valence electrons. The molecule has 4 nitrogen and oxygen atoms in total. The van der Waals surface area contributed by atoms with Gasteiger partial charge in [-0.2, -0.15) is 0 Å². The Balaban J connectivity index is 1.87. The topological polar surface area (TPSA) is 47.1 Å². The zero-order valence-corrected chi connectivity index (χ0v) is 10.6. The number of imidazole rings is 1. The van der Waals surface area contributed by atoms with Crippen LogP contribution in [0.25, 0.3) is 0 Å². The Morgan fingerprint density at radius 2 is 2.00 bits per heavy atom. The van der Waals surface area contributed by atoms with Gasteiger partial charge in [0, 0.05) is 45.1 Å². The summed E-state index contributed by atoms with van der Waals surface area (Å²) in [7, 11) is 0. The van der Waals surface area contributed by atoms with Crippen LogP contribution in [0.3, 0.4) is 0 Å². The lowest BCUT2D eigenvalue weighted by Crippen LogP contribution is -2.31. The first-order valence-corrected chi connectivity index (χ1v) is 6.30. The zero-order valence-electron chi connectivity index (χ0n) is 10.6. The highest BCUT2D eigenvalue weighted by Crippen LogP contribution is 2.04. The van der Waals surface area contributed by atoms with Crippen LogP contribution in [-0.2, 0) is 13.1 Å². The maximum Gasteiger partial charge on any atom is 0.0946 e. The minimum absolute atomic E-state index is 0.691. The van der Waals surface area contributed by atoms with Crippen molar-refractivity contribution in [3.05, 3.63) is 54.6 Å². The Hall–Kier alpha value is -1.65. The van der Waals surface area contributed by atoms with E-state index in [0.717, 1.165) is 26.2 Å². The van der Waals surface area contributed by atoms with E-state index in [4.69, 9.17) is 5.73 Å². The number of nitrogens with zero attached hydrogens (tertiary/aromatic N) is 3. The van der Waals surface area contributed by atoms with Crippen LogP contribution in [-0.4, -0.2) is 34.1 Å². The van der Waals surface area contributed by atoms with Crippen LogP contribution < -0.4 is 5.73 Å². The van der Waals surface area contributed by atoms with Crippen LogP contribution in [0, 0.1) is 0 Å². The summed E-state index contributed by atoms with van der Waals surface area (Å²) in [5.74, 6) is 0. The molecule has 1 heterocycles. The molecule has 18 heavy (non-hydrogen) atoms. The molecule has 0 saturated carbocycles. The van der Waals surface area contributed by atoms with Crippen LogP contribution in [0.15, 0.2) is 49.1 Å². The normalized spacial score (nSPS) is 11.0. The van der Waals surface area contributed by atoms with Crippen molar-refractivity contribution in [2.24, 2.45) is 5.73 Å². The summed E-state index contributed by atoms with van der Waals surface area (Å²) >= 11 is 0. The molecule has 0 aliphatic carbocycles. The first kappa shape index (κ1) is 12.8. The lowest BCUT2D eigenvalue weighted by Gasteiger charge is -2.21. The molecular formula is C14H20N4. The van der Waals surface area contributed by atoms with Gasteiger partial charge < -0.3 is 10.3 Å². The summed E-state index contributed by atoms with van der Waals surface area (Å²) in [4.78, 5) is 6.42. The molecule has 0 aliphatic heterocycles. The Morgan fingerprint density at radius 1 is 1.17 bits per heavy atom. The lowest BCUT2D eigenvalue weighted by molar-refractivity contribution is 0.261. The van der Waals surface area contributed by atoms with Crippen LogP contribution in [0.4, 0.5) is 0 Å². The van der Waals surface area contributed by atoms with Crippen molar-refractivity contribution in [2.75, 3.05) is 19.6 Å². The maximum atomic E-state index is 5.67. The first-order chi connectivity index (χ1) is 8.88. The summed E-state index contributed by atoms with van der Waals surface area (Å²) in [5, 5.41) is 0. The standard InChI is InChI=1S/C14H20N4/c15-6-8-17(10-11-18-9-7-16-13-18)12-14-4-2-1-3-5-14/h1-5,7,9,13H,6,8,10-12,15H2. The summed E-state index contributed by atoms with van der Waals surface area (Å²) in [6.07, 6.45) is 5.65. The van der Waals surface area contributed by atoms with E-state index >= 15 is 0 Å². The van der Waals surface area contributed by atoms with Crippen LogP contribution >= 0.6 is 0 Å². The van der Waals surface area contributed by atoms with E-state index in [9.17, 15) is 0 Å². The number of nitrogens with two attached hydrogens (primary N) is 1. The van der Waals surface area contributed by atoms with E-state index in [1.807, 2.05) is 24.8 Å². The van der Waals surface area contributed by atoms with Crippen LogP contribution in [0.5, 0.6) is 0 Å². The minimum atomic E-state index is 0.691. The Morgan fingerprint density at radius 3 is 2.67 bits per heavy atom. The van der Waals surface area contributed by atoms with Gasteiger partial charge in [0.15, 0.2) is 0 Å². The van der Waals surface area contributed by atoms with Gasteiger partial charge in [-0.3, -0.25) is 4.90 Å². The largest absolute Gasteiger partial charge is 0.336 e. The molecule has 0 fully saturated rings. The van der Waals surface area contributed by atoms with Crippen LogP contribution in [0.1, 0.15) is 5.56 Å². The molecule has 2 aromatic rings. The predicted octanol–water partition coefficient (Wildman–Crippen LogP) is 1.34. The third-order valence-corrected chi connectivity index (χ3v) is 2.93. The van der Waals surface area contributed by atoms with Gasteiger partial charge in [0.25, 0.3) is 0 Å². The Bertz CT molecular complexity index is 424. The molecule has 0 amide bonds. The van der Waals surface area contributed by atoms with Gasteiger partial charge in [-0.15, -0.1) is 0 Å². The molecule has 4 heteroatoms. The van der Waals surface area contributed by atoms with Crippen LogP contribution in [0.2, 0.25) is 0 Å². The third kappa shape index (κ3) is 3.98. The molecule has 0 atom stereocenters.